The van der Waals surface area contributed by atoms with E-state index >= 15 is 0 Å². The van der Waals surface area contributed by atoms with Gasteiger partial charge >= 0.3 is 0 Å². The molecule has 0 bridgehead atoms. The van der Waals surface area contributed by atoms with Crippen LogP contribution in [0.3, 0.4) is 0 Å². The normalized spacial score (nSPS) is 10.9. The quantitative estimate of drug-likeness (QED) is 0.433. The van der Waals surface area contributed by atoms with Crippen molar-refractivity contribution in [2.24, 2.45) is 5.10 Å². The Kier molecular flexibility index (Phi) is 4.97. The minimum atomic E-state index is -0.331. The van der Waals surface area contributed by atoms with E-state index in [1.165, 1.54) is 6.20 Å². The number of hydrogen-bond donors (Lipinski definition) is 1. The molecule has 3 heterocycles. The van der Waals surface area contributed by atoms with Gasteiger partial charge in [-0.15, -0.1) is 0 Å². The monoisotopic (exact) mass is 368 g/mol. The minimum absolute atomic E-state index is 0.331. The van der Waals surface area contributed by atoms with E-state index in [-0.39, 0.29) is 5.91 Å². The first kappa shape index (κ1) is 17.3. The number of nitrogens with one attached hydrogen (secondary N) is 1. The number of carbonyl (C=O) groups is 1. The highest BCUT2D eigenvalue weighted by atomic mass is 16.2. The van der Waals surface area contributed by atoms with Crippen molar-refractivity contribution < 1.29 is 4.79 Å². The molecule has 7 heteroatoms. The fraction of sp³-hybridized carbons (Fsp3) is 0. The molecular formula is C21H16N6O. The van der Waals surface area contributed by atoms with Crippen LogP contribution in [0.15, 0.2) is 90.7 Å². The summed E-state index contributed by atoms with van der Waals surface area (Å²) in [6.07, 6.45) is 9.97. The maximum Gasteiger partial charge on any atom is 0.272 e. The van der Waals surface area contributed by atoms with Crippen molar-refractivity contribution in [1.82, 2.24) is 25.2 Å². The second-order valence-corrected chi connectivity index (χ2v) is 5.90. The number of nitrogens with zero attached hydrogens (tertiary/aromatic N) is 5. The summed E-state index contributed by atoms with van der Waals surface area (Å²) in [7, 11) is 0. The molecule has 1 N–H and O–H groups in total. The number of aromatic nitrogens is 4. The molecule has 28 heavy (non-hydrogen) atoms. The first-order chi connectivity index (χ1) is 13.8. The molecule has 0 fully saturated rings. The van der Waals surface area contributed by atoms with Crippen LogP contribution < -0.4 is 5.43 Å². The summed E-state index contributed by atoms with van der Waals surface area (Å²) in [5.74, 6) is -0.331. The minimum Gasteiger partial charge on any atom is -0.267 e. The average molecular weight is 368 g/mol. The highest BCUT2D eigenvalue weighted by Gasteiger charge is 2.11. The lowest BCUT2D eigenvalue weighted by Gasteiger charge is -2.00. The molecular weight excluding hydrogens is 352 g/mol. The van der Waals surface area contributed by atoms with E-state index in [4.69, 9.17) is 0 Å². The van der Waals surface area contributed by atoms with Gasteiger partial charge < -0.3 is 0 Å². The van der Waals surface area contributed by atoms with E-state index in [2.05, 4.69) is 25.6 Å². The molecule has 4 aromatic rings. The lowest BCUT2D eigenvalue weighted by Crippen LogP contribution is -2.17. The van der Waals surface area contributed by atoms with E-state index < -0.39 is 0 Å². The molecule has 1 amide bonds. The molecule has 7 nitrogen and oxygen atoms in total. The molecule has 0 saturated heterocycles. The third-order valence-electron chi connectivity index (χ3n) is 3.99. The standard InChI is InChI=1S/C21H16N6O/c28-21(17-7-5-11-23-13-17)25-24-14-18-15-27(19-8-2-1-3-9-19)26-20(18)16-6-4-10-22-12-16/h1-15H,(H,25,28). The van der Waals surface area contributed by atoms with Crippen LogP contribution in [0, 0.1) is 0 Å². The van der Waals surface area contributed by atoms with Gasteiger partial charge in [0.15, 0.2) is 0 Å². The number of hydrogen-bond acceptors (Lipinski definition) is 5. The molecule has 0 aliphatic heterocycles. The Hall–Kier alpha value is -4.13. The van der Waals surface area contributed by atoms with Gasteiger partial charge in [-0.2, -0.15) is 10.2 Å². The van der Waals surface area contributed by atoms with Crippen LogP contribution in [0.25, 0.3) is 16.9 Å². The maximum absolute atomic E-state index is 12.1. The molecule has 0 unspecified atom stereocenters. The van der Waals surface area contributed by atoms with Crippen molar-refractivity contribution in [3.8, 4) is 16.9 Å². The molecule has 0 aliphatic rings. The Morgan fingerprint density at radius 2 is 1.75 bits per heavy atom. The predicted octanol–water partition coefficient (Wildman–Crippen LogP) is 3.09. The smallest absolute Gasteiger partial charge is 0.267 e. The Bertz CT molecular complexity index is 1090. The Balaban J connectivity index is 1.63. The highest BCUT2D eigenvalue weighted by Crippen LogP contribution is 2.21. The number of hydrazone groups is 1. The van der Waals surface area contributed by atoms with Crippen LogP contribution in [0.4, 0.5) is 0 Å². The molecule has 0 atom stereocenters. The van der Waals surface area contributed by atoms with Gasteiger partial charge in [0.05, 0.1) is 17.5 Å². The molecule has 0 aliphatic carbocycles. The first-order valence-corrected chi connectivity index (χ1v) is 8.60. The number of amides is 1. The van der Waals surface area contributed by atoms with E-state index in [1.54, 1.807) is 41.6 Å². The molecule has 4 rings (SSSR count). The van der Waals surface area contributed by atoms with Crippen LogP contribution in [0.2, 0.25) is 0 Å². The predicted molar refractivity (Wildman–Crippen MR) is 106 cm³/mol. The third kappa shape index (κ3) is 3.83. The molecule has 0 spiro atoms. The number of para-hydroxylation sites is 1. The SMILES string of the molecule is O=C(NN=Cc1cn(-c2ccccc2)nc1-c1cccnc1)c1cccnc1. The van der Waals surface area contributed by atoms with Gasteiger partial charge in [0.25, 0.3) is 5.91 Å². The second-order valence-electron chi connectivity index (χ2n) is 5.90. The first-order valence-electron chi connectivity index (χ1n) is 8.60. The topological polar surface area (TPSA) is 85.1 Å². The largest absolute Gasteiger partial charge is 0.272 e. The van der Waals surface area contributed by atoms with Gasteiger partial charge in [-0.1, -0.05) is 18.2 Å². The lowest BCUT2D eigenvalue weighted by atomic mass is 10.1. The zero-order chi connectivity index (χ0) is 19.2. The fourth-order valence-electron chi connectivity index (χ4n) is 2.64. The van der Waals surface area contributed by atoms with Gasteiger partial charge in [0.1, 0.15) is 5.69 Å². The van der Waals surface area contributed by atoms with Crippen LogP contribution in [0.5, 0.6) is 0 Å². The van der Waals surface area contributed by atoms with Gasteiger partial charge in [-0.05, 0) is 36.4 Å². The molecule has 1 aromatic carbocycles. The molecule has 0 saturated carbocycles. The lowest BCUT2D eigenvalue weighted by molar-refractivity contribution is 0.0955. The average Bonchev–Trinajstić information content (AvgIpc) is 3.20. The van der Waals surface area contributed by atoms with Crippen molar-refractivity contribution >= 4 is 12.1 Å². The van der Waals surface area contributed by atoms with Gasteiger partial charge in [0.2, 0.25) is 0 Å². The summed E-state index contributed by atoms with van der Waals surface area (Å²) in [5.41, 5.74) is 6.20. The van der Waals surface area contributed by atoms with Crippen LogP contribution in [-0.2, 0) is 0 Å². The van der Waals surface area contributed by atoms with E-state index in [9.17, 15) is 4.79 Å². The Morgan fingerprint density at radius 3 is 2.46 bits per heavy atom. The van der Waals surface area contributed by atoms with Crippen LogP contribution >= 0.6 is 0 Å². The number of rotatable bonds is 5. The summed E-state index contributed by atoms with van der Waals surface area (Å²) < 4.78 is 1.77. The summed E-state index contributed by atoms with van der Waals surface area (Å²) in [6.45, 7) is 0. The van der Waals surface area contributed by atoms with Crippen LogP contribution in [-0.4, -0.2) is 31.9 Å². The summed E-state index contributed by atoms with van der Waals surface area (Å²) in [4.78, 5) is 20.2. The van der Waals surface area contributed by atoms with Crippen LogP contribution in [0.1, 0.15) is 15.9 Å². The Morgan fingerprint density at radius 1 is 0.964 bits per heavy atom. The molecule has 3 aromatic heterocycles. The van der Waals surface area contributed by atoms with Gasteiger partial charge in [0, 0.05) is 42.1 Å². The summed E-state index contributed by atoms with van der Waals surface area (Å²) in [6, 6.07) is 16.9. The van der Waals surface area contributed by atoms with E-state index in [0.29, 0.717) is 5.56 Å². The van der Waals surface area contributed by atoms with Gasteiger partial charge in [-0.25, -0.2) is 10.1 Å². The molecule has 136 valence electrons. The van der Waals surface area contributed by atoms with E-state index in [0.717, 1.165) is 22.5 Å². The number of pyridine rings is 2. The van der Waals surface area contributed by atoms with Crippen molar-refractivity contribution in [1.29, 1.82) is 0 Å². The van der Waals surface area contributed by atoms with Crippen molar-refractivity contribution in [3.05, 3.63) is 96.7 Å². The number of carbonyl (C=O) groups excluding carboxylic acids is 1. The zero-order valence-electron chi connectivity index (χ0n) is 14.8. The summed E-state index contributed by atoms with van der Waals surface area (Å²) >= 11 is 0. The molecule has 0 radical (unpaired) electrons. The fourth-order valence-corrected chi connectivity index (χ4v) is 2.64. The highest BCUT2D eigenvalue weighted by molar-refractivity contribution is 5.95. The Labute approximate surface area is 161 Å². The number of benzene rings is 1. The summed E-state index contributed by atoms with van der Waals surface area (Å²) in [5, 5.41) is 8.75. The second kappa shape index (κ2) is 8.05. The maximum atomic E-state index is 12.1. The van der Waals surface area contributed by atoms with Crippen molar-refractivity contribution in [3.63, 3.8) is 0 Å². The van der Waals surface area contributed by atoms with E-state index in [1.807, 2.05) is 48.7 Å². The van der Waals surface area contributed by atoms with Crippen molar-refractivity contribution in [2.45, 2.75) is 0 Å². The van der Waals surface area contributed by atoms with Crippen molar-refractivity contribution in [2.75, 3.05) is 0 Å². The van der Waals surface area contributed by atoms with Gasteiger partial charge in [-0.3, -0.25) is 14.8 Å². The third-order valence-corrected chi connectivity index (χ3v) is 3.99. The zero-order valence-corrected chi connectivity index (χ0v) is 14.8.